The minimum atomic E-state index is 0.0773. The number of aromatic nitrogens is 1. The van der Waals surface area contributed by atoms with Crippen LogP contribution in [0.15, 0.2) is 11.1 Å². The van der Waals surface area contributed by atoms with Crippen LogP contribution in [0.25, 0.3) is 0 Å². The molecule has 2 nitrogen and oxygen atoms in total. The molecule has 0 radical (unpaired) electrons. The van der Waals surface area contributed by atoms with Gasteiger partial charge in [-0.3, -0.25) is 0 Å². The van der Waals surface area contributed by atoms with Gasteiger partial charge in [-0.1, -0.05) is 55.7 Å². The van der Waals surface area contributed by atoms with Gasteiger partial charge in [-0.25, -0.2) is 4.98 Å². The molecule has 0 amide bonds. The lowest BCUT2D eigenvalue weighted by atomic mass is 10.3. The highest BCUT2D eigenvalue weighted by Gasteiger charge is 2.17. The lowest BCUT2D eigenvalue weighted by molar-refractivity contribution is 0.799. The van der Waals surface area contributed by atoms with Crippen LogP contribution >= 0.6 is 35.0 Å². The summed E-state index contributed by atoms with van der Waals surface area (Å²) < 4.78 is 0.0773. The zero-order valence-corrected chi connectivity index (χ0v) is 12.2. The van der Waals surface area contributed by atoms with Crippen molar-refractivity contribution in [1.82, 2.24) is 4.98 Å². The van der Waals surface area contributed by atoms with Crippen molar-refractivity contribution in [1.29, 1.82) is 0 Å². The molecule has 1 aromatic heterocycles. The van der Waals surface area contributed by atoms with Crippen LogP contribution in [0.5, 0.6) is 0 Å². The van der Waals surface area contributed by atoms with Crippen molar-refractivity contribution in [2.45, 2.75) is 37.5 Å². The van der Waals surface area contributed by atoms with Gasteiger partial charge in [0.1, 0.15) is 10.8 Å². The second kappa shape index (κ2) is 5.48. The summed E-state index contributed by atoms with van der Waals surface area (Å²) in [4.78, 5) is 4.43. The minimum absolute atomic E-state index is 0.0773. The molecule has 0 saturated carbocycles. The van der Waals surface area contributed by atoms with Crippen LogP contribution in [0.4, 0.5) is 5.82 Å². The molecule has 0 aliphatic carbocycles. The third kappa shape index (κ3) is 4.04. The Kier molecular flexibility index (Phi) is 4.77. The highest BCUT2D eigenvalue weighted by Crippen LogP contribution is 2.37. The molecule has 0 saturated heterocycles. The second-order valence-electron chi connectivity index (χ2n) is 4.35. The molecule has 0 bridgehead atoms. The number of pyridine rings is 1. The molecule has 1 rings (SSSR count). The van der Waals surface area contributed by atoms with Gasteiger partial charge in [0, 0.05) is 11.3 Å². The molecule has 0 atom stereocenters. The number of nitrogens with zero attached hydrogens (tertiary/aromatic N) is 1. The molecule has 0 unspecified atom stereocenters. The molecule has 1 heterocycles. The van der Waals surface area contributed by atoms with Crippen LogP contribution in [-0.4, -0.2) is 16.3 Å². The number of thioether (sulfide) groups is 1. The molecule has 0 aliphatic rings. The van der Waals surface area contributed by atoms with Crippen molar-refractivity contribution in [3.05, 3.63) is 16.1 Å². The van der Waals surface area contributed by atoms with Crippen molar-refractivity contribution < 1.29 is 0 Å². The molecule has 0 aromatic carbocycles. The van der Waals surface area contributed by atoms with E-state index in [1.54, 1.807) is 17.8 Å². The lowest BCUT2D eigenvalue weighted by Crippen LogP contribution is -2.08. The van der Waals surface area contributed by atoms with Crippen molar-refractivity contribution in [2.75, 3.05) is 11.9 Å². The molecule has 0 fully saturated rings. The van der Waals surface area contributed by atoms with E-state index in [0.717, 1.165) is 11.6 Å². The highest BCUT2D eigenvalue weighted by atomic mass is 35.5. The van der Waals surface area contributed by atoms with Gasteiger partial charge in [0.15, 0.2) is 0 Å². The number of hydrogen-bond acceptors (Lipinski definition) is 3. The van der Waals surface area contributed by atoms with Crippen LogP contribution in [0, 0.1) is 0 Å². The predicted octanol–water partition coefficient (Wildman–Crippen LogP) is 4.71. The van der Waals surface area contributed by atoms with E-state index in [-0.39, 0.29) is 4.75 Å². The first kappa shape index (κ1) is 13.9. The van der Waals surface area contributed by atoms with E-state index in [1.807, 2.05) is 6.92 Å². The van der Waals surface area contributed by atoms with Crippen LogP contribution in [0.3, 0.4) is 0 Å². The fourth-order valence-electron chi connectivity index (χ4n) is 1.10. The Hall–Kier alpha value is -0.120. The van der Waals surface area contributed by atoms with E-state index in [1.165, 1.54) is 0 Å². The third-order valence-electron chi connectivity index (χ3n) is 1.64. The topological polar surface area (TPSA) is 24.9 Å². The Balaban J connectivity index is 3.04. The Morgan fingerprint density at radius 3 is 2.44 bits per heavy atom. The normalized spacial score (nSPS) is 11.6. The van der Waals surface area contributed by atoms with Gasteiger partial charge in [0.2, 0.25) is 0 Å². The summed E-state index contributed by atoms with van der Waals surface area (Å²) in [5.41, 5.74) is 0. The Labute approximate surface area is 111 Å². The average Bonchev–Trinajstić information content (AvgIpc) is 2.11. The summed E-state index contributed by atoms with van der Waals surface area (Å²) in [6, 6.07) is 1.74. The molecule has 0 spiro atoms. The summed E-state index contributed by atoms with van der Waals surface area (Å²) in [5.74, 6) is 0.695. The summed E-state index contributed by atoms with van der Waals surface area (Å²) >= 11 is 13.8. The lowest BCUT2D eigenvalue weighted by Gasteiger charge is -2.18. The SMILES string of the molecule is CCNc1nc(SC(C)(C)C)c(Cl)cc1Cl. The van der Waals surface area contributed by atoms with Gasteiger partial charge in [-0.2, -0.15) is 0 Å². The van der Waals surface area contributed by atoms with Crippen molar-refractivity contribution >= 4 is 40.8 Å². The van der Waals surface area contributed by atoms with Gasteiger partial charge in [-0.15, -0.1) is 0 Å². The molecule has 0 aliphatic heterocycles. The van der Waals surface area contributed by atoms with E-state index in [4.69, 9.17) is 23.2 Å². The standard InChI is InChI=1S/C11H16Cl2N2S/c1-5-14-9-7(12)6-8(13)10(15-9)16-11(2,3)4/h6H,5H2,1-4H3,(H,14,15). The zero-order chi connectivity index (χ0) is 12.3. The van der Waals surface area contributed by atoms with Crippen LogP contribution in [0.1, 0.15) is 27.7 Å². The molecule has 5 heteroatoms. The summed E-state index contributed by atoms with van der Waals surface area (Å²) in [6.45, 7) is 9.16. The Bertz CT molecular complexity index is 375. The maximum absolute atomic E-state index is 6.11. The van der Waals surface area contributed by atoms with Crippen molar-refractivity contribution in [3.63, 3.8) is 0 Å². The molecular formula is C11H16Cl2N2S. The fraction of sp³-hybridized carbons (Fsp3) is 0.545. The molecule has 16 heavy (non-hydrogen) atoms. The first-order valence-electron chi connectivity index (χ1n) is 5.12. The third-order valence-corrected chi connectivity index (χ3v) is 3.45. The number of hydrogen-bond donors (Lipinski definition) is 1. The van der Waals surface area contributed by atoms with Crippen LogP contribution < -0.4 is 5.32 Å². The highest BCUT2D eigenvalue weighted by molar-refractivity contribution is 8.00. The summed E-state index contributed by atoms with van der Waals surface area (Å²) in [5, 5.41) is 5.09. The molecule has 1 aromatic rings. The first-order chi connectivity index (χ1) is 7.33. The number of nitrogens with one attached hydrogen (secondary N) is 1. The largest absolute Gasteiger partial charge is 0.369 e. The van der Waals surface area contributed by atoms with Crippen molar-refractivity contribution in [2.24, 2.45) is 0 Å². The zero-order valence-electron chi connectivity index (χ0n) is 9.90. The monoisotopic (exact) mass is 278 g/mol. The number of rotatable bonds is 3. The molecule has 90 valence electrons. The van der Waals surface area contributed by atoms with E-state index in [2.05, 4.69) is 31.1 Å². The van der Waals surface area contributed by atoms with Crippen molar-refractivity contribution in [3.8, 4) is 0 Å². The van der Waals surface area contributed by atoms with E-state index in [9.17, 15) is 0 Å². The fourth-order valence-corrected chi connectivity index (χ4v) is 2.52. The van der Waals surface area contributed by atoms with Crippen LogP contribution in [-0.2, 0) is 0 Å². The van der Waals surface area contributed by atoms with E-state index >= 15 is 0 Å². The summed E-state index contributed by atoms with van der Waals surface area (Å²) in [7, 11) is 0. The Morgan fingerprint density at radius 1 is 1.31 bits per heavy atom. The summed E-state index contributed by atoms with van der Waals surface area (Å²) in [6.07, 6.45) is 0. The second-order valence-corrected chi connectivity index (χ2v) is 6.98. The van der Waals surface area contributed by atoms with E-state index < -0.39 is 0 Å². The number of anilines is 1. The van der Waals surface area contributed by atoms with Gasteiger partial charge in [0.05, 0.1) is 10.0 Å². The van der Waals surface area contributed by atoms with Gasteiger partial charge < -0.3 is 5.32 Å². The smallest absolute Gasteiger partial charge is 0.146 e. The van der Waals surface area contributed by atoms with Crippen LogP contribution in [0.2, 0.25) is 10.0 Å². The van der Waals surface area contributed by atoms with Gasteiger partial charge in [-0.05, 0) is 13.0 Å². The quantitative estimate of drug-likeness (QED) is 0.811. The maximum Gasteiger partial charge on any atom is 0.146 e. The van der Waals surface area contributed by atoms with Gasteiger partial charge in [0.25, 0.3) is 0 Å². The first-order valence-corrected chi connectivity index (χ1v) is 6.69. The average molecular weight is 279 g/mol. The molecule has 1 N–H and O–H groups in total. The van der Waals surface area contributed by atoms with Gasteiger partial charge >= 0.3 is 0 Å². The Morgan fingerprint density at radius 2 is 1.94 bits per heavy atom. The minimum Gasteiger partial charge on any atom is -0.369 e. The van der Waals surface area contributed by atoms with E-state index in [0.29, 0.717) is 15.9 Å². The maximum atomic E-state index is 6.11. The molecular weight excluding hydrogens is 263 g/mol. The number of halogens is 2. The predicted molar refractivity (Wildman–Crippen MR) is 74.0 cm³/mol.